The Balaban J connectivity index is 1.26. The average Bonchev–Trinajstić information content (AvgIpc) is 3.58. The third kappa shape index (κ3) is 6.98. The molecule has 5 rings (SSSR count). The van der Waals surface area contributed by atoms with Crippen molar-refractivity contribution in [1.82, 2.24) is 19.6 Å². The van der Waals surface area contributed by atoms with E-state index in [0.29, 0.717) is 17.8 Å². The molecule has 0 spiro atoms. The van der Waals surface area contributed by atoms with E-state index in [1.165, 1.54) is 40.8 Å². The summed E-state index contributed by atoms with van der Waals surface area (Å²) in [6.07, 6.45) is 7.70. The summed E-state index contributed by atoms with van der Waals surface area (Å²) in [6, 6.07) is 19.4. The topological polar surface area (TPSA) is 61.6 Å². The van der Waals surface area contributed by atoms with E-state index in [1.54, 1.807) is 0 Å². The molecule has 1 N–H and O–H groups in total. The Morgan fingerprint density at radius 2 is 1.81 bits per heavy atom. The lowest BCUT2D eigenvalue weighted by atomic mass is 9.86. The summed E-state index contributed by atoms with van der Waals surface area (Å²) in [7, 11) is 2.04. The van der Waals surface area contributed by atoms with E-state index < -0.39 is 12.0 Å². The van der Waals surface area contributed by atoms with Crippen LogP contribution < -0.4 is 0 Å². The third-order valence-corrected chi connectivity index (χ3v) is 9.95. The van der Waals surface area contributed by atoms with Crippen molar-refractivity contribution in [2.24, 2.45) is 11.8 Å². The van der Waals surface area contributed by atoms with Gasteiger partial charge in [0, 0.05) is 18.8 Å². The molecule has 0 unspecified atom stereocenters. The summed E-state index contributed by atoms with van der Waals surface area (Å²) in [5, 5.41) is 15.0. The van der Waals surface area contributed by atoms with Crippen LogP contribution in [-0.4, -0.2) is 69.4 Å². The predicted molar refractivity (Wildman–Crippen MR) is 170 cm³/mol. The molecule has 2 fully saturated rings. The number of nitrogens with zero attached hydrogens (tertiary/aromatic N) is 4. The van der Waals surface area contributed by atoms with Crippen LogP contribution in [0.2, 0.25) is 0 Å². The van der Waals surface area contributed by atoms with E-state index >= 15 is 0 Å². The van der Waals surface area contributed by atoms with Gasteiger partial charge in [0.2, 0.25) is 0 Å². The van der Waals surface area contributed by atoms with Gasteiger partial charge in [0.05, 0.1) is 12.2 Å². The average molecular weight is 571 g/mol. The fraction of sp³-hybridized carbons (Fsp3) is 0.556. The van der Waals surface area contributed by atoms with Crippen LogP contribution in [-0.2, 0) is 17.8 Å². The van der Waals surface area contributed by atoms with Crippen molar-refractivity contribution in [3.8, 4) is 0 Å². The SMILES string of the molecule is CCc1nn(Cc2ccccc2)cc1C1CCN(C[C@H]2C[C@H](N(C)[C@@H](C(=O)O)C(C)C)C[C@@H]2c2cccc(C)c2)CC1. The van der Waals surface area contributed by atoms with Gasteiger partial charge in [0.25, 0.3) is 0 Å². The molecule has 42 heavy (non-hydrogen) atoms. The maximum absolute atomic E-state index is 12.2. The first-order chi connectivity index (χ1) is 20.2. The maximum atomic E-state index is 12.2. The van der Waals surface area contributed by atoms with E-state index in [4.69, 9.17) is 5.10 Å². The number of likely N-dealkylation sites (N-methyl/N-ethyl adjacent to an activating group) is 1. The standard InChI is InChI=1S/C36H50N4O2/c1-6-34-33(24-40(37-34)22-27-12-8-7-9-13-27)28-15-17-39(18-16-28)23-30-20-31(38(5)35(25(2)3)36(41)42)21-32(30)29-14-10-11-26(4)19-29/h7-14,19,24-25,28,30-32,35H,6,15-18,20-23H2,1-5H3,(H,41,42)/t30-,31+,32-,35-/m1/s1. The monoisotopic (exact) mass is 570 g/mol. The molecule has 6 heteroatoms. The van der Waals surface area contributed by atoms with Gasteiger partial charge in [0.15, 0.2) is 0 Å². The van der Waals surface area contributed by atoms with Gasteiger partial charge in [-0.3, -0.25) is 14.4 Å². The number of aliphatic carboxylic acids is 1. The molecule has 1 saturated carbocycles. The number of aryl methyl sites for hydroxylation is 2. The molecule has 4 atom stereocenters. The van der Waals surface area contributed by atoms with Crippen LogP contribution in [0.3, 0.4) is 0 Å². The van der Waals surface area contributed by atoms with Crippen LogP contribution >= 0.6 is 0 Å². The zero-order chi connectivity index (χ0) is 29.8. The second-order valence-electron chi connectivity index (χ2n) is 13.2. The van der Waals surface area contributed by atoms with Crippen LogP contribution in [0, 0.1) is 18.8 Å². The van der Waals surface area contributed by atoms with E-state index in [-0.39, 0.29) is 12.0 Å². The first-order valence-electron chi connectivity index (χ1n) is 16.1. The molecule has 1 aliphatic carbocycles. The molecule has 6 nitrogen and oxygen atoms in total. The largest absolute Gasteiger partial charge is 0.480 e. The van der Waals surface area contributed by atoms with E-state index in [1.807, 2.05) is 20.9 Å². The molecular formula is C36H50N4O2. The molecule has 0 amide bonds. The van der Waals surface area contributed by atoms with Crippen LogP contribution in [0.5, 0.6) is 0 Å². The van der Waals surface area contributed by atoms with Gasteiger partial charge in [-0.05, 0) is 99.5 Å². The number of likely N-dealkylation sites (tertiary alicyclic amines) is 1. The first kappa shape index (κ1) is 30.5. The third-order valence-electron chi connectivity index (χ3n) is 9.95. The zero-order valence-electron chi connectivity index (χ0n) is 26.2. The Kier molecular flexibility index (Phi) is 9.85. The molecule has 0 bridgehead atoms. The number of carboxylic acids is 1. The minimum Gasteiger partial charge on any atom is -0.480 e. The summed E-state index contributed by atoms with van der Waals surface area (Å²) in [5.74, 6) is 0.923. The Morgan fingerprint density at radius 1 is 1.07 bits per heavy atom. The smallest absolute Gasteiger partial charge is 0.321 e. The Hall–Kier alpha value is -2.96. The highest BCUT2D eigenvalue weighted by Crippen LogP contribution is 2.44. The maximum Gasteiger partial charge on any atom is 0.321 e. The van der Waals surface area contributed by atoms with Crippen LogP contribution in [0.1, 0.15) is 86.2 Å². The van der Waals surface area contributed by atoms with Crippen LogP contribution in [0.25, 0.3) is 0 Å². The Bertz CT molecular complexity index is 1310. The Labute approximate surface area is 252 Å². The minimum atomic E-state index is -0.705. The fourth-order valence-corrected chi connectivity index (χ4v) is 7.80. The van der Waals surface area contributed by atoms with Gasteiger partial charge in [-0.2, -0.15) is 5.10 Å². The lowest BCUT2D eigenvalue weighted by molar-refractivity contribution is -0.145. The summed E-state index contributed by atoms with van der Waals surface area (Å²) in [5.41, 5.74) is 6.70. The number of piperidine rings is 1. The number of carboxylic acid groups (broad SMARTS) is 1. The lowest BCUT2D eigenvalue weighted by Crippen LogP contribution is -2.47. The lowest BCUT2D eigenvalue weighted by Gasteiger charge is -2.35. The summed E-state index contributed by atoms with van der Waals surface area (Å²) < 4.78 is 2.14. The summed E-state index contributed by atoms with van der Waals surface area (Å²) in [4.78, 5) is 17.0. The van der Waals surface area contributed by atoms with Gasteiger partial charge in [0.1, 0.15) is 6.04 Å². The Morgan fingerprint density at radius 3 is 2.45 bits per heavy atom. The highest BCUT2D eigenvalue weighted by Gasteiger charge is 2.41. The number of benzene rings is 2. The van der Waals surface area contributed by atoms with Crippen molar-refractivity contribution in [3.63, 3.8) is 0 Å². The number of rotatable bonds is 11. The van der Waals surface area contributed by atoms with Crippen molar-refractivity contribution in [1.29, 1.82) is 0 Å². The molecule has 2 heterocycles. The highest BCUT2D eigenvalue weighted by atomic mass is 16.4. The van der Waals surface area contributed by atoms with Crippen molar-refractivity contribution in [2.75, 3.05) is 26.7 Å². The second kappa shape index (κ2) is 13.6. The first-order valence-corrected chi connectivity index (χ1v) is 16.1. The quantitative estimate of drug-likeness (QED) is 0.282. The number of aromatic nitrogens is 2. The molecule has 3 aromatic rings. The number of hydrogen-bond acceptors (Lipinski definition) is 4. The van der Waals surface area contributed by atoms with Gasteiger partial charge >= 0.3 is 5.97 Å². The van der Waals surface area contributed by atoms with Crippen LogP contribution in [0.4, 0.5) is 0 Å². The van der Waals surface area contributed by atoms with Crippen molar-refractivity contribution >= 4 is 5.97 Å². The highest BCUT2D eigenvalue weighted by molar-refractivity contribution is 5.73. The second-order valence-corrected chi connectivity index (χ2v) is 13.2. The van der Waals surface area contributed by atoms with Gasteiger partial charge < -0.3 is 10.0 Å². The van der Waals surface area contributed by atoms with Crippen molar-refractivity contribution < 1.29 is 9.90 Å². The van der Waals surface area contributed by atoms with Gasteiger partial charge in [-0.25, -0.2) is 0 Å². The normalized spacial score (nSPS) is 22.7. The molecule has 0 radical (unpaired) electrons. The van der Waals surface area contributed by atoms with E-state index in [0.717, 1.165) is 45.4 Å². The number of carbonyl (C=O) groups is 1. The van der Waals surface area contributed by atoms with E-state index in [9.17, 15) is 9.90 Å². The van der Waals surface area contributed by atoms with E-state index in [2.05, 4.69) is 89.1 Å². The summed E-state index contributed by atoms with van der Waals surface area (Å²) in [6.45, 7) is 12.6. The molecule has 1 aromatic heterocycles. The molecule has 2 aromatic carbocycles. The molecular weight excluding hydrogens is 520 g/mol. The molecule has 1 aliphatic heterocycles. The predicted octanol–water partition coefficient (Wildman–Crippen LogP) is 6.59. The van der Waals surface area contributed by atoms with Crippen molar-refractivity contribution in [3.05, 3.63) is 88.7 Å². The zero-order valence-corrected chi connectivity index (χ0v) is 26.2. The minimum absolute atomic E-state index is 0.0769. The van der Waals surface area contributed by atoms with Crippen molar-refractivity contribution in [2.45, 2.75) is 90.3 Å². The van der Waals surface area contributed by atoms with Gasteiger partial charge in [-0.1, -0.05) is 80.9 Å². The van der Waals surface area contributed by atoms with Gasteiger partial charge in [-0.15, -0.1) is 0 Å². The molecule has 1 saturated heterocycles. The molecule has 2 aliphatic rings. The fourth-order valence-electron chi connectivity index (χ4n) is 7.80. The number of hydrogen-bond donors (Lipinski definition) is 1. The van der Waals surface area contributed by atoms with Crippen LogP contribution in [0.15, 0.2) is 60.8 Å². The summed E-state index contributed by atoms with van der Waals surface area (Å²) >= 11 is 0. The molecule has 226 valence electrons.